The second kappa shape index (κ2) is 3.33. The molecule has 1 nitrogen and oxygen atoms in total. The van der Waals surface area contributed by atoms with Crippen LogP contribution in [-0.2, 0) is 0 Å². The van der Waals surface area contributed by atoms with E-state index in [1.807, 2.05) is 13.8 Å². The predicted molar refractivity (Wildman–Crippen MR) is 40.7 cm³/mol. The van der Waals surface area contributed by atoms with Crippen LogP contribution in [0.3, 0.4) is 0 Å². The first-order valence-electron chi connectivity index (χ1n) is 4.06. The number of nitrogens with one attached hydrogen (secondary N) is 1. The molecule has 1 heterocycles. The van der Waals surface area contributed by atoms with E-state index in [-0.39, 0.29) is 11.8 Å². The van der Waals surface area contributed by atoms with Crippen molar-refractivity contribution in [1.82, 2.24) is 5.32 Å². The monoisotopic (exact) mass is 145 g/mol. The average Bonchev–Trinajstić information content (AvgIpc) is 2.36. The molecule has 1 saturated heterocycles. The van der Waals surface area contributed by atoms with E-state index >= 15 is 0 Å². The van der Waals surface area contributed by atoms with Gasteiger partial charge < -0.3 is 5.32 Å². The Morgan fingerprint density at radius 2 is 2.20 bits per heavy atom. The van der Waals surface area contributed by atoms with E-state index in [1.54, 1.807) is 0 Å². The van der Waals surface area contributed by atoms with Crippen LogP contribution in [0.2, 0.25) is 0 Å². The Labute approximate surface area is 62.0 Å². The van der Waals surface area contributed by atoms with Crippen LogP contribution < -0.4 is 5.32 Å². The van der Waals surface area contributed by atoms with Crippen molar-refractivity contribution in [2.75, 3.05) is 13.1 Å². The molecule has 2 unspecified atom stereocenters. The molecule has 0 aliphatic carbocycles. The van der Waals surface area contributed by atoms with Gasteiger partial charge in [-0.25, -0.2) is 4.39 Å². The van der Waals surface area contributed by atoms with E-state index in [0.29, 0.717) is 0 Å². The number of hydrogen-bond donors (Lipinski definition) is 1. The molecule has 60 valence electrons. The minimum Gasteiger partial charge on any atom is -0.316 e. The number of halogens is 1. The van der Waals surface area contributed by atoms with E-state index < -0.39 is 6.17 Å². The minimum absolute atomic E-state index is 0.185. The van der Waals surface area contributed by atoms with Crippen LogP contribution >= 0.6 is 0 Å². The van der Waals surface area contributed by atoms with Gasteiger partial charge in [-0.1, -0.05) is 13.8 Å². The molecule has 1 aliphatic rings. The van der Waals surface area contributed by atoms with Crippen LogP contribution in [0, 0.1) is 11.8 Å². The maximum absolute atomic E-state index is 13.2. The SMILES string of the molecule is CC(C)C(F)C1CCNC1. The van der Waals surface area contributed by atoms with Gasteiger partial charge in [0.2, 0.25) is 0 Å². The van der Waals surface area contributed by atoms with Crippen molar-refractivity contribution in [3.05, 3.63) is 0 Å². The highest BCUT2D eigenvalue weighted by Gasteiger charge is 2.26. The number of rotatable bonds is 2. The first kappa shape index (κ1) is 7.99. The maximum atomic E-state index is 13.2. The van der Waals surface area contributed by atoms with E-state index in [1.165, 1.54) is 0 Å². The van der Waals surface area contributed by atoms with Crippen molar-refractivity contribution < 1.29 is 4.39 Å². The number of hydrogen-bond acceptors (Lipinski definition) is 1. The summed E-state index contributed by atoms with van der Waals surface area (Å²) < 4.78 is 13.2. The first-order chi connectivity index (χ1) is 4.72. The molecule has 2 atom stereocenters. The summed E-state index contributed by atoms with van der Waals surface area (Å²) in [7, 11) is 0. The second-order valence-electron chi connectivity index (χ2n) is 3.44. The van der Waals surface area contributed by atoms with Crippen molar-refractivity contribution >= 4 is 0 Å². The van der Waals surface area contributed by atoms with Gasteiger partial charge in [-0.15, -0.1) is 0 Å². The fourth-order valence-corrected chi connectivity index (χ4v) is 1.49. The van der Waals surface area contributed by atoms with Crippen LogP contribution in [0.15, 0.2) is 0 Å². The van der Waals surface area contributed by atoms with Gasteiger partial charge in [-0.2, -0.15) is 0 Å². The predicted octanol–water partition coefficient (Wildman–Crippen LogP) is 1.59. The molecule has 2 heteroatoms. The zero-order valence-corrected chi connectivity index (χ0v) is 6.73. The second-order valence-corrected chi connectivity index (χ2v) is 3.44. The van der Waals surface area contributed by atoms with Crippen molar-refractivity contribution in [1.29, 1.82) is 0 Å². The Balaban J connectivity index is 2.32. The molecule has 0 aromatic carbocycles. The Kier molecular flexibility index (Phi) is 2.66. The van der Waals surface area contributed by atoms with Crippen molar-refractivity contribution in [2.45, 2.75) is 26.4 Å². The van der Waals surface area contributed by atoms with Crippen molar-refractivity contribution in [3.63, 3.8) is 0 Å². The third kappa shape index (κ3) is 1.69. The molecule has 0 amide bonds. The molecule has 1 rings (SSSR count). The minimum atomic E-state index is -0.602. The molecular formula is C8H16FN. The molecule has 1 fully saturated rings. The zero-order chi connectivity index (χ0) is 7.56. The highest BCUT2D eigenvalue weighted by Crippen LogP contribution is 2.21. The van der Waals surface area contributed by atoms with Gasteiger partial charge >= 0.3 is 0 Å². The quantitative estimate of drug-likeness (QED) is 0.622. The number of alkyl halides is 1. The molecule has 0 aromatic heterocycles. The molecule has 0 radical (unpaired) electrons. The van der Waals surface area contributed by atoms with E-state index in [2.05, 4.69) is 5.32 Å². The Hall–Kier alpha value is -0.110. The normalized spacial score (nSPS) is 29.4. The summed E-state index contributed by atoms with van der Waals surface area (Å²) in [5.74, 6) is 0.463. The maximum Gasteiger partial charge on any atom is 0.106 e. The smallest absolute Gasteiger partial charge is 0.106 e. The fourth-order valence-electron chi connectivity index (χ4n) is 1.49. The molecule has 10 heavy (non-hydrogen) atoms. The summed E-state index contributed by atoms with van der Waals surface area (Å²) in [5.41, 5.74) is 0. The van der Waals surface area contributed by atoms with Gasteiger partial charge in [0.1, 0.15) is 6.17 Å². The third-order valence-electron chi connectivity index (χ3n) is 2.19. The summed E-state index contributed by atoms with van der Waals surface area (Å²) >= 11 is 0. The van der Waals surface area contributed by atoms with E-state index in [4.69, 9.17) is 0 Å². The van der Waals surface area contributed by atoms with E-state index in [9.17, 15) is 4.39 Å². The lowest BCUT2D eigenvalue weighted by molar-refractivity contribution is 0.180. The highest BCUT2D eigenvalue weighted by molar-refractivity contribution is 4.79. The van der Waals surface area contributed by atoms with Crippen LogP contribution in [0.5, 0.6) is 0 Å². The van der Waals surface area contributed by atoms with Crippen molar-refractivity contribution in [3.8, 4) is 0 Å². The molecule has 0 bridgehead atoms. The third-order valence-corrected chi connectivity index (χ3v) is 2.19. The lowest BCUT2D eigenvalue weighted by Crippen LogP contribution is -2.23. The zero-order valence-electron chi connectivity index (χ0n) is 6.73. The molecule has 1 aliphatic heterocycles. The van der Waals surface area contributed by atoms with Crippen LogP contribution in [0.25, 0.3) is 0 Å². The molecule has 0 saturated carbocycles. The van der Waals surface area contributed by atoms with Gasteiger partial charge in [0.15, 0.2) is 0 Å². The summed E-state index contributed by atoms with van der Waals surface area (Å²) in [6.45, 7) is 5.77. The summed E-state index contributed by atoms with van der Waals surface area (Å²) in [5, 5.41) is 3.17. The first-order valence-corrected chi connectivity index (χ1v) is 4.06. The molecule has 0 aromatic rings. The fraction of sp³-hybridized carbons (Fsp3) is 1.00. The van der Waals surface area contributed by atoms with Gasteiger partial charge in [0, 0.05) is 12.5 Å². The molecular weight excluding hydrogens is 129 g/mol. The Bertz CT molecular complexity index is 97.4. The topological polar surface area (TPSA) is 12.0 Å². The lowest BCUT2D eigenvalue weighted by atomic mass is 9.94. The summed E-state index contributed by atoms with van der Waals surface area (Å²) in [6.07, 6.45) is 0.411. The standard InChI is InChI=1S/C8H16FN/c1-6(2)8(9)7-3-4-10-5-7/h6-8,10H,3-5H2,1-2H3. The van der Waals surface area contributed by atoms with Crippen LogP contribution in [-0.4, -0.2) is 19.3 Å². The van der Waals surface area contributed by atoms with Gasteiger partial charge in [-0.05, 0) is 18.9 Å². The summed E-state index contributed by atoms with van der Waals surface area (Å²) in [4.78, 5) is 0. The highest BCUT2D eigenvalue weighted by atomic mass is 19.1. The largest absolute Gasteiger partial charge is 0.316 e. The van der Waals surface area contributed by atoms with Gasteiger partial charge in [0.25, 0.3) is 0 Å². The van der Waals surface area contributed by atoms with Crippen molar-refractivity contribution in [2.24, 2.45) is 11.8 Å². The average molecular weight is 145 g/mol. The van der Waals surface area contributed by atoms with Crippen LogP contribution in [0.4, 0.5) is 4.39 Å². The van der Waals surface area contributed by atoms with E-state index in [0.717, 1.165) is 19.5 Å². The van der Waals surface area contributed by atoms with Gasteiger partial charge in [0.05, 0.1) is 0 Å². The van der Waals surface area contributed by atoms with Crippen LogP contribution in [0.1, 0.15) is 20.3 Å². The Morgan fingerprint density at radius 3 is 2.60 bits per heavy atom. The Morgan fingerprint density at radius 1 is 1.50 bits per heavy atom. The molecule has 0 spiro atoms. The summed E-state index contributed by atoms with van der Waals surface area (Å²) in [6, 6.07) is 0. The lowest BCUT2D eigenvalue weighted by Gasteiger charge is -2.17. The van der Waals surface area contributed by atoms with Gasteiger partial charge in [-0.3, -0.25) is 0 Å². The molecule has 1 N–H and O–H groups in total.